The molecule has 0 aromatic heterocycles. The minimum atomic E-state index is -0.693. The molecule has 0 aliphatic rings. The summed E-state index contributed by atoms with van der Waals surface area (Å²) >= 11 is 0. The molecular formula is C16H16F3N. The van der Waals surface area contributed by atoms with E-state index in [1.54, 1.807) is 6.07 Å². The highest BCUT2D eigenvalue weighted by atomic mass is 19.1. The summed E-state index contributed by atoms with van der Waals surface area (Å²) in [6.45, 7) is 4.47. The van der Waals surface area contributed by atoms with E-state index >= 15 is 0 Å². The van der Waals surface area contributed by atoms with Crippen LogP contribution in [-0.4, -0.2) is 6.04 Å². The number of hydrogen-bond acceptors (Lipinski definition) is 1. The quantitative estimate of drug-likeness (QED) is 0.881. The lowest BCUT2D eigenvalue weighted by atomic mass is 9.98. The van der Waals surface area contributed by atoms with Gasteiger partial charge in [0.05, 0.1) is 0 Å². The Labute approximate surface area is 116 Å². The molecule has 0 saturated heterocycles. The van der Waals surface area contributed by atoms with Crippen molar-refractivity contribution in [2.24, 2.45) is 0 Å². The zero-order valence-electron chi connectivity index (χ0n) is 11.4. The highest BCUT2D eigenvalue weighted by Crippen LogP contribution is 2.28. The Hall–Kier alpha value is -1.81. The van der Waals surface area contributed by atoms with Gasteiger partial charge in [0.1, 0.15) is 17.5 Å². The first kappa shape index (κ1) is 14.6. The highest BCUT2D eigenvalue weighted by Gasteiger charge is 2.12. The van der Waals surface area contributed by atoms with Gasteiger partial charge in [-0.25, -0.2) is 13.2 Å². The molecule has 106 valence electrons. The van der Waals surface area contributed by atoms with E-state index < -0.39 is 17.5 Å². The molecule has 4 heteroatoms. The van der Waals surface area contributed by atoms with Gasteiger partial charge in [-0.05, 0) is 35.4 Å². The van der Waals surface area contributed by atoms with E-state index in [1.165, 1.54) is 24.3 Å². The van der Waals surface area contributed by atoms with Gasteiger partial charge in [0, 0.05) is 24.2 Å². The summed E-state index contributed by atoms with van der Waals surface area (Å²) in [4.78, 5) is 0. The molecule has 0 fully saturated rings. The maximum atomic E-state index is 13.9. The fraction of sp³-hybridized carbons (Fsp3) is 0.250. The normalized spacial score (nSPS) is 11.1. The Morgan fingerprint density at radius 2 is 1.55 bits per heavy atom. The van der Waals surface area contributed by atoms with Gasteiger partial charge in [0.15, 0.2) is 0 Å². The summed E-state index contributed by atoms with van der Waals surface area (Å²) in [5.41, 5.74) is 1.41. The number of nitrogens with one attached hydrogen (secondary N) is 1. The third-order valence-corrected chi connectivity index (χ3v) is 2.99. The van der Waals surface area contributed by atoms with Gasteiger partial charge in [0.25, 0.3) is 0 Å². The molecule has 0 atom stereocenters. The first-order valence-corrected chi connectivity index (χ1v) is 6.44. The second kappa shape index (κ2) is 6.09. The SMILES string of the molecule is CC(C)NCc1ccc(F)cc1-c1ccc(F)cc1F. The van der Waals surface area contributed by atoms with Crippen LogP contribution in [0.25, 0.3) is 11.1 Å². The largest absolute Gasteiger partial charge is 0.310 e. The van der Waals surface area contributed by atoms with Crippen LogP contribution in [0.15, 0.2) is 36.4 Å². The molecule has 0 aliphatic heterocycles. The molecule has 0 bridgehead atoms. The van der Waals surface area contributed by atoms with E-state index in [2.05, 4.69) is 5.32 Å². The molecule has 2 aromatic rings. The number of rotatable bonds is 4. The Kier molecular flexibility index (Phi) is 4.45. The van der Waals surface area contributed by atoms with Gasteiger partial charge < -0.3 is 5.32 Å². The van der Waals surface area contributed by atoms with Gasteiger partial charge in [-0.3, -0.25) is 0 Å². The van der Waals surface area contributed by atoms with Gasteiger partial charge in [0.2, 0.25) is 0 Å². The van der Waals surface area contributed by atoms with Crippen molar-refractivity contribution in [2.75, 3.05) is 0 Å². The van der Waals surface area contributed by atoms with Crippen LogP contribution >= 0.6 is 0 Å². The molecule has 0 saturated carbocycles. The lowest BCUT2D eigenvalue weighted by molar-refractivity contribution is 0.581. The van der Waals surface area contributed by atoms with Crippen LogP contribution in [0.2, 0.25) is 0 Å². The first-order valence-electron chi connectivity index (χ1n) is 6.44. The Morgan fingerprint density at radius 1 is 0.900 bits per heavy atom. The molecule has 0 aliphatic carbocycles. The number of halogens is 3. The van der Waals surface area contributed by atoms with Crippen molar-refractivity contribution < 1.29 is 13.2 Å². The van der Waals surface area contributed by atoms with Crippen LogP contribution in [0.1, 0.15) is 19.4 Å². The molecule has 2 aromatic carbocycles. The van der Waals surface area contributed by atoms with Crippen molar-refractivity contribution in [3.8, 4) is 11.1 Å². The smallest absolute Gasteiger partial charge is 0.133 e. The molecular weight excluding hydrogens is 263 g/mol. The summed E-state index contributed by atoms with van der Waals surface area (Å²) in [6, 6.07) is 7.78. The monoisotopic (exact) mass is 279 g/mol. The van der Waals surface area contributed by atoms with Crippen molar-refractivity contribution in [1.82, 2.24) is 5.32 Å². The third-order valence-electron chi connectivity index (χ3n) is 2.99. The molecule has 1 nitrogen and oxygen atoms in total. The number of hydrogen-bond donors (Lipinski definition) is 1. The van der Waals surface area contributed by atoms with Crippen molar-refractivity contribution in [1.29, 1.82) is 0 Å². The highest BCUT2D eigenvalue weighted by molar-refractivity contribution is 5.68. The standard InChI is InChI=1S/C16H16F3N/c1-10(2)20-9-11-3-4-12(17)7-15(11)14-6-5-13(18)8-16(14)19/h3-8,10,20H,9H2,1-2H3. The summed E-state index contributed by atoms with van der Waals surface area (Å²) in [5, 5.41) is 3.20. The second-order valence-corrected chi connectivity index (χ2v) is 4.96. The predicted molar refractivity (Wildman–Crippen MR) is 73.7 cm³/mol. The summed E-state index contributed by atoms with van der Waals surface area (Å²) in [7, 11) is 0. The Bertz CT molecular complexity index is 609. The van der Waals surface area contributed by atoms with Crippen LogP contribution < -0.4 is 5.32 Å². The Morgan fingerprint density at radius 3 is 2.20 bits per heavy atom. The van der Waals surface area contributed by atoms with Crippen molar-refractivity contribution in [3.63, 3.8) is 0 Å². The first-order chi connectivity index (χ1) is 9.47. The fourth-order valence-electron chi connectivity index (χ4n) is 1.98. The Balaban J connectivity index is 2.45. The van der Waals surface area contributed by atoms with Crippen LogP contribution in [0.5, 0.6) is 0 Å². The van der Waals surface area contributed by atoms with Gasteiger partial charge in [-0.15, -0.1) is 0 Å². The molecule has 0 amide bonds. The third kappa shape index (κ3) is 3.39. The van der Waals surface area contributed by atoms with E-state index in [1.807, 2.05) is 13.8 Å². The van der Waals surface area contributed by atoms with E-state index in [0.29, 0.717) is 12.1 Å². The van der Waals surface area contributed by atoms with E-state index in [4.69, 9.17) is 0 Å². The van der Waals surface area contributed by atoms with Crippen LogP contribution in [0, 0.1) is 17.5 Å². The molecule has 0 heterocycles. The predicted octanol–water partition coefficient (Wildman–Crippen LogP) is 4.27. The zero-order chi connectivity index (χ0) is 14.7. The lowest BCUT2D eigenvalue weighted by Crippen LogP contribution is -2.22. The summed E-state index contributed by atoms with van der Waals surface area (Å²) in [5.74, 6) is -1.79. The second-order valence-electron chi connectivity index (χ2n) is 4.96. The van der Waals surface area contributed by atoms with E-state index in [9.17, 15) is 13.2 Å². The minimum Gasteiger partial charge on any atom is -0.310 e. The fourth-order valence-corrected chi connectivity index (χ4v) is 1.98. The van der Waals surface area contributed by atoms with Gasteiger partial charge in [-0.1, -0.05) is 19.9 Å². The summed E-state index contributed by atoms with van der Waals surface area (Å²) in [6.07, 6.45) is 0. The maximum Gasteiger partial charge on any atom is 0.133 e. The minimum absolute atomic E-state index is 0.200. The average molecular weight is 279 g/mol. The molecule has 2 rings (SSSR count). The lowest BCUT2D eigenvalue weighted by Gasteiger charge is -2.13. The zero-order valence-corrected chi connectivity index (χ0v) is 11.4. The average Bonchev–Trinajstić information content (AvgIpc) is 2.37. The van der Waals surface area contributed by atoms with E-state index in [0.717, 1.165) is 11.6 Å². The van der Waals surface area contributed by atoms with E-state index in [-0.39, 0.29) is 11.6 Å². The van der Waals surface area contributed by atoms with Crippen LogP contribution in [-0.2, 0) is 6.54 Å². The van der Waals surface area contributed by atoms with Crippen LogP contribution in [0.4, 0.5) is 13.2 Å². The van der Waals surface area contributed by atoms with Crippen molar-refractivity contribution in [2.45, 2.75) is 26.4 Å². The van der Waals surface area contributed by atoms with Crippen LogP contribution in [0.3, 0.4) is 0 Å². The summed E-state index contributed by atoms with van der Waals surface area (Å²) < 4.78 is 40.3. The van der Waals surface area contributed by atoms with Crippen molar-refractivity contribution in [3.05, 3.63) is 59.4 Å². The van der Waals surface area contributed by atoms with Crippen molar-refractivity contribution >= 4 is 0 Å². The van der Waals surface area contributed by atoms with Gasteiger partial charge in [-0.2, -0.15) is 0 Å². The molecule has 0 unspecified atom stereocenters. The molecule has 20 heavy (non-hydrogen) atoms. The molecule has 1 N–H and O–H groups in total. The molecule has 0 radical (unpaired) electrons. The van der Waals surface area contributed by atoms with Gasteiger partial charge >= 0.3 is 0 Å². The maximum absolute atomic E-state index is 13.9. The topological polar surface area (TPSA) is 12.0 Å². The molecule has 0 spiro atoms. The number of benzene rings is 2.